The van der Waals surface area contributed by atoms with Crippen molar-refractivity contribution in [2.24, 2.45) is 0 Å². The van der Waals surface area contributed by atoms with E-state index in [0.29, 0.717) is 5.39 Å². The van der Waals surface area contributed by atoms with Gasteiger partial charge in [-0.2, -0.15) is 5.10 Å². The number of nitrogens with zero attached hydrogens (tertiary/aromatic N) is 1. The molecular formula is C18H22N2O. The van der Waals surface area contributed by atoms with Crippen LogP contribution in [0.2, 0.25) is 0 Å². The number of hydrogen-bond donors (Lipinski definition) is 1. The maximum atomic E-state index is 11.5. The van der Waals surface area contributed by atoms with E-state index in [4.69, 9.17) is 0 Å². The zero-order valence-corrected chi connectivity index (χ0v) is 13.1. The van der Waals surface area contributed by atoms with Gasteiger partial charge >= 0.3 is 0 Å². The second-order valence-electron chi connectivity index (χ2n) is 3.87. The molecule has 0 amide bonds. The minimum absolute atomic E-state index is 0.151. The van der Waals surface area contributed by atoms with Gasteiger partial charge in [0, 0.05) is 5.39 Å². The number of benzene rings is 2. The largest absolute Gasteiger partial charge is 0.272 e. The monoisotopic (exact) mass is 282 g/mol. The lowest BCUT2D eigenvalue weighted by Gasteiger charge is -2.02. The van der Waals surface area contributed by atoms with E-state index in [-0.39, 0.29) is 5.56 Å². The van der Waals surface area contributed by atoms with E-state index >= 15 is 0 Å². The lowest BCUT2D eigenvalue weighted by Crippen LogP contribution is -2.06. The van der Waals surface area contributed by atoms with Crippen molar-refractivity contribution in [2.45, 2.75) is 27.7 Å². The van der Waals surface area contributed by atoms with Gasteiger partial charge in [-0.05, 0) is 23.3 Å². The van der Waals surface area contributed by atoms with Crippen molar-refractivity contribution in [1.82, 2.24) is 10.2 Å². The molecule has 0 radical (unpaired) electrons. The van der Waals surface area contributed by atoms with Crippen LogP contribution in [0.25, 0.3) is 21.9 Å². The molecule has 0 saturated heterocycles. The topological polar surface area (TPSA) is 45.8 Å². The minimum Gasteiger partial charge on any atom is -0.267 e. The fourth-order valence-electron chi connectivity index (χ4n) is 1.91. The summed E-state index contributed by atoms with van der Waals surface area (Å²) >= 11 is 0. The Morgan fingerprint density at radius 2 is 1.52 bits per heavy atom. The van der Waals surface area contributed by atoms with Crippen molar-refractivity contribution in [3.63, 3.8) is 0 Å². The first-order chi connectivity index (χ1) is 10.3. The number of aromatic nitrogens is 2. The van der Waals surface area contributed by atoms with Crippen LogP contribution in [0.5, 0.6) is 0 Å². The van der Waals surface area contributed by atoms with E-state index < -0.39 is 0 Å². The summed E-state index contributed by atoms with van der Waals surface area (Å²) in [6, 6.07) is 15.8. The normalized spacial score (nSPS) is 9.14. The highest BCUT2D eigenvalue weighted by Crippen LogP contribution is 2.21. The molecular weight excluding hydrogens is 260 g/mol. The molecule has 1 heterocycles. The summed E-state index contributed by atoms with van der Waals surface area (Å²) in [5.41, 5.74) is 2.07. The van der Waals surface area contributed by atoms with E-state index in [1.165, 1.54) is 0 Å². The predicted octanol–water partition coefficient (Wildman–Crippen LogP) is 4.64. The second kappa shape index (κ2) is 8.69. The third kappa shape index (κ3) is 4.02. The number of aromatic amines is 1. The highest BCUT2D eigenvalue weighted by Gasteiger charge is 2.01. The fourth-order valence-corrected chi connectivity index (χ4v) is 1.91. The van der Waals surface area contributed by atoms with Gasteiger partial charge < -0.3 is 0 Å². The summed E-state index contributed by atoms with van der Waals surface area (Å²) in [6.45, 7) is 8.00. The molecule has 2 aromatic carbocycles. The van der Waals surface area contributed by atoms with Crippen molar-refractivity contribution in [3.05, 3.63) is 65.1 Å². The average molecular weight is 282 g/mol. The van der Waals surface area contributed by atoms with Gasteiger partial charge in [-0.3, -0.25) is 4.79 Å². The van der Waals surface area contributed by atoms with Crippen LogP contribution >= 0.6 is 0 Å². The maximum absolute atomic E-state index is 11.5. The number of nitrogens with one attached hydrogen (secondary N) is 1. The SMILES string of the molecule is CC.CC.O=c1[nH]ncc2cc(-c3ccccc3)ccc12. The molecule has 3 nitrogen and oxygen atoms in total. The molecule has 3 heteroatoms. The zero-order valence-electron chi connectivity index (χ0n) is 13.1. The molecule has 0 aliphatic carbocycles. The Balaban J connectivity index is 0.000000510. The summed E-state index contributed by atoms with van der Waals surface area (Å²) in [4.78, 5) is 11.5. The van der Waals surface area contributed by atoms with Crippen LogP contribution in [0, 0.1) is 0 Å². The summed E-state index contributed by atoms with van der Waals surface area (Å²) in [5, 5.41) is 7.76. The molecule has 0 bridgehead atoms. The Morgan fingerprint density at radius 3 is 2.19 bits per heavy atom. The first-order valence-corrected chi connectivity index (χ1v) is 7.37. The van der Waals surface area contributed by atoms with Gasteiger partial charge in [0.15, 0.2) is 0 Å². The molecule has 0 spiro atoms. The van der Waals surface area contributed by atoms with Crippen molar-refractivity contribution in [1.29, 1.82) is 0 Å². The van der Waals surface area contributed by atoms with E-state index in [1.54, 1.807) is 6.20 Å². The number of H-pyrrole nitrogens is 1. The molecule has 1 N–H and O–H groups in total. The minimum atomic E-state index is -0.151. The lowest BCUT2D eigenvalue weighted by molar-refractivity contribution is 1.01. The van der Waals surface area contributed by atoms with Crippen LogP contribution in [-0.4, -0.2) is 10.2 Å². The summed E-state index contributed by atoms with van der Waals surface area (Å²) in [5.74, 6) is 0. The number of hydrogen-bond acceptors (Lipinski definition) is 2. The first kappa shape index (κ1) is 16.6. The van der Waals surface area contributed by atoms with Gasteiger partial charge in [-0.25, -0.2) is 5.10 Å². The molecule has 0 unspecified atom stereocenters. The van der Waals surface area contributed by atoms with Crippen molar-refractivity contribution >= 4 is 10.8 Å². The van der Waals surface area contributed by atoms with Gasteiger partial charge in [-0.15, -0.1) is 0 Å². The summed E-state index contributed by atoms with van der Waals surface area (Å²) in [6.07, 6.45) is 1.67. The summed E-state index contributed by atoms with van der Waals surface area (Å²) in [7, 11) is 0. The van der Waals surface area contributed by atoms with E-state index in [0.717, 1.165) is 16.5 Å². The maximum Gasteiger partial charge on any atom is 0.272 e. The Morgan fingerprint density at radius 1 is 0.857 bits per heavy atom. The van der Waals surface area contributed by atoms with Crippen LogP contribution in [0.1, 0.15) is 27.7 Å². The van der Waals surface area contributed by atoms with E-state index in [1.807, 2.05) is 76.2 Å². The van der Waals surface area contributed by atoms with Crippen molar-refractivity contribution in [2.75, 3.05) is 0 Å². The predicted molar refractivity (Wildman–Crippen MR) is 90.5 cm³/mol. The molecule has 110 valence electrons. The Kier molecular flexibility index (Phi) is 6.88. The second-order valence-corrected chi connectivity index (χ2v) is 3.87. The van der Waals surface area contributed by atoms with Gasteiger partial charge in [0.05, 0.1) is 11.6 Å². The van der Waals surface area contributed by atoms with Gasteiger partial charge in [0.2, 0.25) is 0 Å². The standard InChI is InChI=1S/C14H10N2O.2C2H6/c17-14-13-7-6-11(8-12(13)9-15-16-14)10-4-2-1-3-5-10;2*1-2/h1-9H,(H,16,17);2*1-2H3. The van der Waals surface area contributed by atoms with Crippen LogP contribution in [0.15, 0.2) is 59.5 Å². The number of rotatable bonds is 1. The van der Waals surface area contributed by atoms with Crippen LogP contribution in [0.3, 0.4) is 0 Å². The van der Waals surface area contributed by atoms with Crippen LogP contribution in [0.4, 0.5) is 0 Å². The Hall–Kier alpha value is -2.42. The Labute approximate surface area is 125 Å². The van der Waals surface area contributed by atoms with Crippen LogP contribution in [-0.2, 0) is 0 Å². The third-order valence-corrected chi connectivity index (χ3v) is 2.77. The molecule has 0 aliphatic rings. The lowest BCUT2D eigenvalue weighted by atomic mass is 10.0. The molecule has 21 heavy (non-hydrogen) atoms. The molecule has 0 atom stereocenters. The third-order valence-electron chi connectivity index (χ3n) is 2.77. The van der Waals surface area contributed by atoms with Crippen molar-refractivity contribution < 1.29 is 0 Å². The zero-order chi connectivity index (χ0) is 15.7. The summed E-state index contributed by atoms with van der Waals surface area (Å²) < 4.78 is 0. The van der Waals surface area contributed by atoms with E-state index in [2.05, 4.69) is 10.2 Å². The average Bonchev–Trinajstić information content (AvgIpc) is 2.59. The molecule has 0 aliphatic heterocycles. The number of fused-ring (bicyclic) bond motifs is 1. The van der Waals surface area contributed by atoms with Gasteiger partial charge in [0.25, 0.3) is 5.56 Å². The smallest absolute Gasteiger partial charge is 0.267 e. The van der Waals surface area contributed by atoms with Crippen LogP contribution < -0.4 is 5.56 Å². The molecule has 3 rings (SSSR count). The molecule has 3 aromatic rings. The highest BCUT2D eigenvalue weighted by molar-refractivity contribution is 5.85. The van der Waals surface area contributed by atoms with E-state index in [9.17, 15) is 4.79 Å². The fraction of sp³-hybridized carbons (Fsp3) is 0.222. The van der Waals surface area contributed by atoms with Crippen molar-refractivity contribution in [3.8, 4) is 11.1 Å². The first-order valence-electron chi connectivity index (χ1n) is 7.37. The van der Waals surface area contributed by atoms with Gasteiger partial charge in [-0.1, -0.05) is 64.1 Å². The molecule has 0 saturated carbocycles. The quantitative estimate of drug-likeness (QED) is 0.706. The highest BCUT2D eigenvalue weighted by atomic mass is 16.1. The van der Waals surface area contributed by atoms with Gasteiger partial charge in [0.1, 0.15) is 0 Å². The Bertz CT molecular complexity index is 718. The molecule has 0 fully saturated rings. The molecule has 1 aromatic heterocycles.